The number of hydrogen-bond donors (Lipinski definition) is 2. The lowest BCUT2D eigenvalue weighted by atomic mass is 9.58. The Morgan fingerprint density at radius 3 is 2.81 bits per heavy atom. The predicted molar refractivity (Wildman–Crippen MR) is 76.9 cm³/mol. The van der Waals surface area contributed by atoms with Crippen molar-refractivity contribution < 1.29 is 19.4 Å². The van der Waals surface area contributed by atoms with Gasteiger partial charge in [0.1, 0.15) is 6.04 Å². The van der Waals surface area contributed by atoms with Crippen LogP contribution >= 0.6 is 0 Å². The molecule has 0 aromatic carbocycles. The van der Waals surface area contributed by atoms with Crippen LogP contribution in [0.1, 0.15) is 26.2 Å². The first-order chi connectivity index (χ1) is 10.2. The third kappa shape index (κ3) is 2.70. The van der Waals surface area contributed by atoms with Crippen LogP contribution in [-0.2, 0) is 14.3 Å². The van der Waals surface area contributed by atoms with Gasteiger partial charge in [0.05, 0.1) is 25.4 Å². The van der Waals surface area contributed by atoms with E-state index in [9.17, 15) is 9.90 Å². The zero-order valence-electron chi connectivity index (χ0n) is 12.7. The van der Waals surface area contributed by atoms with Crippen LogP contribution in [0.15, 0.2) is 0 Å². The van der Waals surface area contributed by atoms with Crippen LogP contribution in [0.3, 0.4) is 0 Å². The molecule has 0 bridgehead atoms. The van der Waals surface area contributed by atoms with Gasteiger partial charge in [0.25, 0.3) is 0 Å². The molecule has 0 aromatic heterocycles. The number of aliphatic hydroxyl groups excluding tert-OH is 1. The first-order valence-corrected chi connectivity index (χ1v) is 8.07. The van der Waals surface area contributed by atoms with Gasteiger partial charge in [-0.1, -0.05) is 0 Å². The number of piperidine rings is 1. The van der Waals surface area contributed by atoms with Gasteiger partial charge < -0.3 is 24.8 Å². The van der Waals surface area contributed by atoms with Crippen molar-refractivity contribution in [3.63, 3.8) is 0 Å². The number of carbonyl (C=O) groups is 1. The average Bonchev–Trinajstić information content (AvgIpc) is 2.55. The number of morpholine rings is 1. The summed E-state index contributed by atoms with van der Waals surface area (Å²) in [5.41, 5.74) is -0.122. The summed E-state index contributed by atoms with van der Waals surface area (Å²) in [5.74, 6) is 0.131. The number of hydrogen-bond acceptors (Lipinski definition) is 5. The minimum absolute atomic E-state index is 0.122. The molecule has 0 radical (unpaired) electrons. The van der Waals surface area contributed by atoms with Crippen molar-refractivity contribution in [2.45, 2.75) is 44.4 Å². The third-order valence-corrected chi connectivity index (χ3v) is 5.34. The Kier molecular flexibility index (Phi) is 4.49. The minimum atomic E-state index is -0.276. The smallest absolute Gasteiger partial charge is 0.242 e. The number of ether oxygens (including phenoxy) is 2. The fraction of sp³-hybridized carbons (Fsp3) is 0.933. The number of likely N-dealkylation sites (tertiary alicyclic amines) is 1. The quantitative estimate of drug-likeness (QED) is 0.752. The number of carbonyl (C=O) groups excluding carboxylic acids is 1. The Morgan fingerprint density at radius 2 is 2.24 bits per heavy atom. The topological polar surface area (TPSA) is 71.0 Å². The first kappa shape index (κ1) is 15.2. The molecule has 3 atom stereocenters. The van der Waals surface area contributed by atoms with Crippen molar-refractivity contribution in [3.8, 4) is 0 Å². The lowest BCUT2D eigenvalue weighted by molar-refractivity contribution is -0.210. The Balaban J connectivity index is 1.56. The molecule has 6 heteroatoms. The Bertz CT molecular complexity index is 374. The highest BCUT2D eigenvalue weighted by Crippen LogP contribution is 2.50. The normalized spacial score (nSPS) is 35.5. The second-order valence-electron chi connectivity index (χ2n) is 6.34. The molecule has 3 aliphatic rings. The number of nitrogens with zero attached hydrogens (tertiary/aromatic N) is 1. The zero-order chi connectivity index (χ0) is 14.9. The highest BCUT2D eigenvalue weighted by atomic mass is 16.5. The van der Waals surface area contributed by atoms with Gasteiger partial charge in [-0.05, 0) is 19.8 Å². The minimum Gasteiger partial charge on any atom is -0.392 e. The van der Waals surface area contributed by atoms with Crippen LogP contribution in [0.2, 0.25) is 0 Å². The van der Waals surface area contributed by atoms with Crippen LogP contribution in [0, 0.1) is 5.41 Å². The van der Waals surface area contributed by atoms with Crippen molar-refractivity contribution in [3.05, 3.63) is 0 Å². The van der Waals surface area contributed by atoms with E-state index in [1.807, 2.05) is 11.8 Å². The third-order valence-electron chi connectivity index (χ3n) is 5.34. The summed E-state index contributed by atoms with van der Waals surface area (Å²) in [6.07, 6.45) is 2.28. The van der Waals surface area contributed by atoms with Gasteiger partial charge in [-0.15, -0.1) is 0 Å². The molecule has 1 spiro atoms. The molecule has 3 fully saturated rings. The van der Waals surface area contributed by atoms with Crippen molar-refractivity contribution in [1.29, 1.82) is 0 Å². The van der Waals surface area contributed by atoms with Crippen molar-refractivity contribution in [2.24, 2.45) is 5.41 Å². The van der Waals surface area contributed by atoms with E-state index in [0.29, 0.717) is 32.9 Å². The number of amides is 1. The Labute approximate surface area is 125 Å². The second kappa shape index (κ2) is 6.20. The zero-order valence-corrected chi connectivity index (χ0v) is 12.7. The highest BCUT2D eigenvalue weighted by molar-refractivity contribution is 5.82. The number of aliphatic hydroxyl groups is 1. The second-order valence-corrected chi connectivity index (χ2v) is 6.34. The lowest BCUT2D eigenvalue weighted by Crippen LogP contribution is -2.64. The fourth-order valence-corrected chi connectivity index (χ4v) is 3.90. The number of rotatable bonds is 3. The summed E-state index contributed by atoms with van der Waals surface area (Å²) >= 11 is 0. The van der Waals surface area contributed by atoms with E-state index in [1.54, 1.807) is 0 Å². The maximum atomic E-state index is 12.4. The fourth-order valence-electron chi connectivity index (χ4n) is 3.90. The molecule has 2 heterocycles. The summed E-state index contributed by atoms with van der Waals surface area (Å²) in [6, 6.07) is -0.207. The average molecular weight is 298 g/mol. The molecule has 2 N–H and O–H groups in total. The summed E-state index contributed by atoms with van der Waals surface area (Å²) < 4.78 is 11.1. The maximum absolute atomic E-state index is 12.4. The molecule has 1 amide bonds. The van der Waals surface area contributed by atoms with E-state index in [0.717, 1.165) is 25.8 Å². The molecule has 0 aromatic rings. The molecular weight excluding hydrogens is 272 g/mol. The predicted octanol–water partition coefficient (Wildman–Crippen LogP) is -0.247. The van der Waals surface area contributed by atoms with Crippen LogP contribution in [0.4, 0.5) is 0 Å². The van der Waals surface area contributed by atoms with E-state index in [2.05, 4.69) is 5.32 Å². The lowest BCUT2D eigenvalue weighted by Gasteiger charge is -2.56. The van der Waals surface area contributed by atoms with Crippen molar-refractivity contribution in [1.82, 2.24) is 10.2 Å². The highest BCUT2D eigenvalue weighted by Gasteiger charge is 2.56. The van der Waals surface area contributed by atoms with E-state index in [1.165, 1.54) is 0 Å². The van der Waals surface area contributed by atoms with Gasteiger partial charge in [0, 0.05) is 38.1 Å². The molecule has 0 unspecified atom stereocenters. The van der Waals surface area contributed by atoms with Gasteiger partial charge in [-0.25, -0.2) is 0 Å². The molecule has 1 saturated carbocycles. The summed E-state index contributed by atoms with van der Waals surface area (Å²) in [5, 5.41) is 13.4. The SMILES string of the molecule is CCO[C@@H]1C[C@@H](O)C12CCN(C(=O)[C@H]1COCCN1)CC2. The molecule has 3 rings (SSSR count). The van der Waals surface area contributed by atoms with Gasteiger partial charge in [-0.2, -0.15) is 0 Å². The van der Waals surface area contributed by atoms with Gasteiger partial charge >= 0.3 is 0 Å². The van der Waals surface area contributed by atoms with E-state index in [-0.39, 0.29) is 29.6 Å². The molecule has 1 aliphatic carbocycles. The van der Waals surface area contributed by atoms with Gasteiger partial charge in [-0.3, -0.25) is 4.79 Å². The van der Waals surface area contributed by atoms with Crippen LogP contribution in [0.5, 0.6) is 0 Å². The van der Waals surface area contributed by atoms with Crippen LogP contribution < -0.4 is 5.32 Å². The van der Waals surface area contributed by atoms with Crippen molar-refractivity contribution >= 4 is 5.91 Å². The van der Waals surface area contributed by atoms with Gasteiger partial charge in [0.2, 0.25) is 5.91 Å². The van der Waals surface area contributed by atoms with E-state index >= 15 is 0 Å². The van der Waals surface area contributed by atoms with Crippen LogP contribution in [0.25, 0.3) is 0 Å². The maximum Gasteiger partial charge on any atom is 0.242 e. The molecule has 2 saturated heterocycles. The van der Waals surface area contributed by atoms with Crippen molar-refractivity contribution in [2.75, 3.05) is 39.5 Å². The summed E-state index contributed by atoms with van der Waals surface area (Å²) in [7, 11) is 0. The van der Waals surface area contributed by atoms with E-state index in [4.69, 9.17) is 9.47 Å². The van der Waals surface area contributed by atoms with E-state index < -0.39 is 0 Å². The Hall–Kier alpha value is -0.690. The van der Waals surface area contributed by atoms with Gasteiger partial charge in [0.15, 0.2) is 0 Å². The molecular formula is C15H26N2O4. The molecule has 6 nitrogen and oxygen atoms in total. The Morgan fingerprint density at radius 1 is 1.48 bits per heavy atom. The first-order valence-electron chi connectivity index (χ1n) is 8.07. The monoisotopic (exact) mass is 298 g/mol. The largest absolute Gasteiger partial charge is 0.392 e. The summed E-state index contributed by atoms with van der Waals surface area (Å²) in [4.78, 5) is 14.4. The molecule has 120 valence electrons. The van der Waals surface area contributed by atoms with Crippen LogP contribution in [-0.4, -0.2) is 73.6 Å². The summed E-state index contributed by atoms with van der Waals surface area (Å²) in [6.45, 7) is 5.96. The standard InChI is InChI=1S/C15H26N2O4/c1-2-21-13-9-12(18)15(13)3-6-17(7-4-15)14(19)11-10-20-8-5-16-11/h11-13,16,18H,2-10H2,1H3/t11-,12-,13-/m1/s1. The molecule has 21 heavy (non-hydrogen) atoms. The number of nitrogens with one attached hydrogen (secondary N) is 1. The molecule has 2 aliphatic heterocycles.